The summed E-state index contributed by atoms with van der Waals surface area (Å²) in [7, 11) is 3.73. The lowest BCUT2D eigenvalue weighted by molar-refractivity contribution is -0.110. The lowest BCUT2D eigenvalue weighted by atomic mass is 9.83. The van der Waals surface area contributed by atoms with Crippen LogP contribution in [0.4, 0.5) is 0 Å². The summed E-state index contributed by atoms with van der Waals surface area (Å²) in [4.78, 5) is 0. The van der Waals surface area contributed by atoms with E-state index in [2.05, 4.69) is 5.32 Å². The third kappa shape index (κ3) is 2.00. The van der Waals surface area contributed by atoms with Gasteiger partial charge in [0.1, 0.15) is 0 Å². The highest BCUT2D eigenvalue weighted by Gasteiger charge is 2.41. The van der Waals surface area contributed by atoms with Gasteiger partial charge in [-0.3, -0.25) is 0 Å². The van der Waals surface area contributed by atoms with E-state index in [0.29, 0.717) is 0 Å². The third-order valence-electron chi connectivity index (χ3n) is 3.44. The number of rotatable bonds is 4. The first-order valence-corrected chi connectivity index (χ1v) is 5.64. The Morgan fingerprint density at radius 1 is 1.44 bits per heavy atom. The van der Waals surface area contributed by atoms with Crippen LogP contribution in [0.5, 0.6) is 0 Å². The molecule has 1 unspecified atom stereocenters. The molecule has 2 rings (SSSR count). The summed E-state index contributed by atoms with van der Waals surface area (Å²) in [5.41, 5.74) is 0.947. The fraction of sp³-hybridized carbons (Fsp3) is 0.667. The molecule has 1 fully saturated rings. The van der Waals surface area contributed by atoms with Gasteiger partial charge in [0.15, 0.2) is 0 Å². The summed E-state index contributed by atoms with van der Waals surface area (Å²) in [6.45, 7) is 1.51. The summed E-state index contributed by atoms with van der Waals surface area (Å²) in [5.74, 6) is 0. The monoisotopic (exact) mass is 225 g/mol. The molecule has 4 nitrogen and oxygen atoms in total. The molecule has 0 aliphatic carbocycles. The van der Waals surface area contributed by atoms with Crippen LogP contribution >= 0.6 is 0 Å². The number of furan rings is 1. The first kappa shape index (κ1) is 11.6. The van der Waals surface area contributed by atoms with Crippen molar-refractivity contribution < 1.29 is 13.9 Å². The van der Waals surface area contributed by atoms with E-state index in [1.165, 1.54) is 0 Å². The van der Waals surface area contributed by atoms with Gasteiger partial charge >= 0.3 is 0 Å². The molecule has 1 aromatic rings. The normalized spacial score (nSPS) is 21.9. The van der Waals surface area contributed by atoms with Crippen LogP contribution in [0.2, 0.25) is 0 Å². The van der Waals surface area contributed by atoms with E-state index < -0.39 is 0 Å². The van der Waals surface area contributed by atoms with Crippen molar-refractivity contribution in [3.8, 4) is 0 Å². The Kier molecular flexibility index (Phi) is 3.63. The Balaban J connectivity index is 2.23. The predicted molar refractivity (Wildman–Crippen MR) is 60.3 cm³/mol. The number of methoxy groups -OCH3 is 1. The summed E-state index contributed by atoms with van der Waals surface area (Å²) in [6, 6.07) is 2.14. The second kappa shape index (κ2) is 4.99. The van der Waals surface area contributed by atoms with Crippen LogP contribution in [-0.2, 0) is 9.47 Å². The Hall–Kier alpha value is -0.840. The minimum atomic E-state index is -0.184. The molecule has 1 aromatic heterocycles. The number of ether oxygens (including phenoxy) is 2. The second-order valence-electron chi connectivity index (χ2n) is 4.16. The van der Waals surface area contributed by atoms with Crippen molar-refractivity contribution in [2.45, 2.75) is 24.5 Å². The van der Waals surface area contributed by atoms with Gasteiger partial charge in [0.2, 0.25) is 0 Å². The Morgan fingerprint density at radius 2 is 2.19 bits per heavy atom. The second-order valence-corrected chi connectivity index (χ2v) is 4.16. The van der Waals surface area contributed by atoms with Gasteiger partial charge in [0.25, 0.3) is 0 Å². The first-order chi connectivity index (χ1) is 7.82. The molecule has 1 N–H and O–H groups in total. The highest BCUT2D eigenvalue weighted by atomic mass is 16.5. The number of likely N-dealkylation sites (N-methyl/N-ethyl adjacent to an activating group) is 1. The summed E-state index contributed by atoms with van der Waals surface area (Å²) < 4.78 is 16.3. The molecule has 2 heterocycles. The molecule has 1 aliphatic rings. The molecular formula is C12H19NO3. The number of nitrogens with one attached hydrogen (secondary N) is 1. The zero-order valence-electron chi connectivity index (χ0n) is 9.86. The van der Waals surface area contributed by atoms with E-state index in [0.717, 1.165) is 31.6 Å². The van der Waals surface area contributed by atoms with Crippen molar-refractivity contribution in [2.75, 3.05) is 27.4 Å². The highest BCUT2D eigenvalue weighted by Crippen LogP contribution is 2.37. The van der Waals surface area contributed by atoms with Crippen LogP contribution in [0.3, 0.4) is 0 Å². The molecule has 0 saturated carbocycles. The minimum Gasteiger partial charge on any atom is -0.472 e. The predicted octanol–water partition coefficient (Wildman–Crippen LogP) is 1.74. The van der Waals surface area contributed by atoms with Crippen molar-refractivity contribution in [3.63, 3.8) is 0 Å². The largest absolute Gasteiger partial charge is 0.472 e. The minimum absolute atomic E-state index is 0.153. The van der Waals surface area contributed by atoms with E-state index >= 15 is 0 Å². The summed E-state index contributed by atoms with van der Waals surface area (Å²) in [5, 5.41) is 3.33. The molecule has 0 aromatic carbocycles. The fourth-order valence-corrected chi connectivity index (χ4v) is 2.50. The van der Waals surface area contributed by atoms with Gasteiger partial charge in [-0.2, -0.15) is 0 Å². The maximum atomic E-state index is 5.77. The number of hydrogen-bond acceptors (Lipinski definition) is 4. The van der Waals surface area contributed by atoms with Gasteiger partial charge in [-0.05, 0) is 13.1 Å². The Bertz CT molecular complexity index is 304. The molecule has 90 valence electrons. The lowest BCUT2D eigenvalue weighted by Crippen LogP contribution is -2.48. The molecule has 0 radical (unpaired) electrons. The van der Waals surface area contributed by atoms with E-state index in [1.54, 1.807) is 19.6 Å². The van der Waals surface area contributed by atoms with Gasteiger partial charge in [0.05, 0.1) is 24.2 Å². The van der Waals surface area contributed by atoms with Crippen molar-refractivity contribution in [1.82, 2.24) is 5.32 Å². The van der Waals surface area contributed by atoms with Crippen LogP contribution in [0, 0.1) is 0 Å². The van der Waals surface area contributed by atoms with Crippen molar-refractivity contribution in [2.24, 2.45) is 0 Å². The standard InChI is InChI=1S/C12H19NO3/c1-13-11(10-3-6-16-9-10)12(14-2)4-7-15-8-5-12/h3,6,9,11,13H,4-5,7-8H2,1-2H3. The van der Waals surface area contributed by atoms with Crippen LogP contribution < -0.4 is 5.32 Å². The number of hydrogen-bond donors (Lipinski definition) is 1. The van der Waals surface area contributed by atoms with Gasteiger partial charge in [0, 0.05) is 38.7 Å². The van der Waals surface area contributed by atoms with E-state index in [4.69, 9.17) is 13.9 Å². The van der Waals surface area contributed by atoms with E-state index in [1.807, 2.05) is 13.1 Å². The third-order valence-corrected chi connectivity index (χ3v) is 3.44. The highest BCUT2D eigenvalue weighted by molar-refractivity contribution is 5.17. The van der Waals surface area contributed by atoms with Crippen molar-refractivity contribution in [1.29, 1.82) is 0 Å². The molecule has 1 atom stereocenters. The SMILES string of the molecule is CNC(c1ccoc1)C1(OC)CCOCC1. The smallest absolute Gasteiger partial charge is 0.0951 e. The van der Waals surface area contributed by atoms with Gasteiger partial charge in [-0.1, -0.05) is 0 Å². The quantitative estimate of drug-likeness (QED) is 0.847. The lowest BCUT2D eigenvalue weighted by Gasteiger charge is -2.41. The van der Waals surface area contributed by atoms with Crippen LogP contribution in [0.15, 0.2) is 23.0 Å². The molecule has 0 amide bonds. The fourth-order valence-electron chi connectivity index (χ4n) is 2.50. The van der Waals surface area contributed by atoms with E-state index in [9.17, 15) is 0 Å². The molecule has 4 heteroatoms. The van der Waals surface area contributed by atoms with Gasteiger partial charge < -0.3 is 19.2 Å². The molecular weight excluding hydrogens is 206 g/mol. The van der Waals surface area contributed by atoms with Gasteiger partial charge in [-0.15, -0.1) is 0 Å². The van der Waals surface area contributed by atoms with Crippen molar-refractivity contribution >= 4 is 0 Å². The summed E-state index contributed by atoms with van der Waals surface area (Å²) in [6.07, 6.45) is 5.28. The first-order valence-electron chi connectivity index (χ1n) is 5.64. The molecule has 1 saturated heterocycles. The Morgan fingerprint density at radius 3 is 2.69 bits per heavy atom. The average molecular weight is 225 g/mol. The molecule has 16 heavy (non-hydrogen) atoms. The zero-order chi connectivity index (χ0) is 11.4. The van der Waals surface area contributed by atoms with Crippen LogP contribution in [0.1, 0.15) is 24.4 Å². The zero-order valence-corrected chi connectivity index (χ0v) is 9.86. The molecule has 1 aliphatic heterocycles. The maximum Gasteiger partial charge on any atom is 0.0951 e. The van der Waals surface area contributed by atoms with Crippen LogP contribution in [-0.4, -0.2) is 33.0 Å². The summed E-state index contributed by atoms with van der Waals surface area (Å²) >= 11 is 0. The average Bonchev–Trinajstić information content (AvgIpc) is 2.85. The molecule has 0 spiro atoms. The molecule has 0 bridgehead atoms. The Labute approximate surface area is 95.9 Å². The topological polar surface area (TPSA) is 43.6 Å². The maximum absolute atomic E-state index is 5.77. The van der Waals surface area contributed by atoms with Crippen molar-refractivity contribution in [3.05, 3.63) is 24.2 Å². The van der Waals surface area contributed by atoms with E-state index in [-0.39, 0.29) is 11.6 Å². The van der Waals surface area contributed by atoms with Crippen LogP contribution in [0.25, 0.3) is 0 Å². The van der Waals surface area contributed by atoms with Gasteiger partial charge in [-0.25, -0.2) is 0 Å².